The maximum atomic E-state index is 11.1. The van der Waals surface area contributed by atoms with E-state index in [1.54, 1.807) is 0 Å². The van der Waals surface area contributed by atoms with Crippen molar-refractivity contribution < 1.29 is 14.6 Å². The van der Waals surface area contributed by atoms with E-state index < -0.39 is 6.23 Å². The zero-order valence-corrected chi connectivity index (χ0v) is 7.32. The van der Waals surface area contributed by atoms with Crippen molar-refractivity contribution in [3.8, 4) is 0 Å². The highest BCUT2D eigenvalue weighted by Crippen LogP contribution is 2.06. The number of aliphatic hydroxyl groups excluding tert-OH is 1. The van der Waals surface area contributed by atoms with E-state index in [0.717, 1.165) is 13.0 Å². The van der Waals surface area contributed by atoms with Gasteiger partial charge in [0.2, 0.25) is 0 Å². The Hall–Kier alpha value is -1.07. The van der Waals surface area contributed by atoms with Crippen LogP contribution >= 0.6 is 0 Å². The van der Waals surface area contributed by atoms with Gasteiger partial charge in [-0.25, -0.2) is 0 Å². The van der Waals surface area contributed by atoms with Gasteiger partial charge in [-0.1, -0.05) is 6.58 Å². The molecule has 0 amide bonds. The number of rotatable bonds is 4. The van der Waals surface area contributed by atoms with Crippen molar-refractivity contribution in [2.75, 3.05) is 6.54 Å². The maximum Gasteiger partial charge on any atom is 0.324 e. The molecule has 13 heavy (non-hydrogen) atoms. The van der Waals surface area contributed by atoms with Crippen LogP contribution in [0, 0.1) is 0 Å². The Morgan fingerprint density at radius 3 is 2.85 bits per heavy atom. The number of hydrogen-bond donors (Lipinski definition) is 3. The van der Waals surface area contributed by atoms with Crippen LogP contribution in [0.4, 0.5) is 0 Å². The molecule has 2 atom stereocenters. The molecule has 74 valence electrons. The number of nitrogens with one attached hydrogen (secondary N) is 1. The maximum absolute atomic E-state index is 11.1. The first-order chi connectivity index (χ1) is 6.09. The van der Waals surface area contributed by atoms with E-state index in [1.165, 1.54) is 0 Å². The van der Waals surface area contributed by atoms with Crippen LogP contribution in [0.3, 0.4) is 0 Å². The summed E-state index contributed by atoms with van der Waals surface area (Å²) in [6.07, 6.45) is 0.0665. The summed E-state index contributed by atoms with van der Waals surface area (Å²) in [6, 6.07) is -0.224. The van der Waals surface area contributed by atoms with E-state index >= 15 is 0 Å². The predicted octanol–water partition coefficient (Wildman–Crippen LogP) is -0.362. The second-order valence-corrected chi connectivity index (χ2v) is 3.04. The van der Waals surface area contributed by atoms with Gasteiger partial charge in [-0.2, -0.15) is 0 Å². The molecular weight excluding hydrogens is 172 g/mol. The highest BCUT2D eigenvalue weighted by atomic mass is 16.6. The van der Waals surface area contributed by atoms with Gasteiger partial charge in [0.15, 0.2) is 6.23 Å². The first-order valence-electron chi connectivity index (χ1n) is 4.16. The van der Waals surface area contributed by atoms with Crippen LogP contribution in [0.5, 0.6) is 0 Å². The van der Waals surface area contributed by atoms with Crippen LogP contribution in [0.2, 0.25) is 0 Å². The molecule has 4 N–H and O–H groups in total. The molecular formula is C8H14N2O3. The molecule has 1 aliphatic heterocycles. The van der Waals surface area contributed by atoms with Crippen LogP contribution in [0.15, 0.2) is 12.3 Å². The van der Waals surface area contributed by atoms with Crippen molar-refractivity contribution in [3.63, 3.8) is 0 Å². The molecule has 0 spiro atoms. The van der Waals surface area contributed by atoms with Crippen LogP contribution in [0.25, 0.3) is 0 Å². The van der Waals surface area contributed by atoms with Gasteiger partial charge >= 0.3 is 5.97 Å². The van der Waals surface area contributed by atoms with Gasteiger partial charge in [0.1, 0.15) is 6.04 Å². The van der Waals surface area contributed by atoms with E-state index in [4.69, 9.17) is 15.6 Å². The van der Waals surface area contributed by atoms with Crippen molar-refractivity contribution in [2.24, 2.45) is 5.73 Å². The minimum atomic E-state index is -0.799. The number of aliphatic hydroxyl groups is 1. The SMILES string of the molecule is C=C(O)CC(N)OC(=O)[C@H]1CCN1. The molecule has 1 heterocycles. The first kappa shape index (κ1) is 10.0. The zero-order chi connectivity index (χ0) is 9.84. The lowest BCUT2D eigenvalue weighted by atomic mass is 10.1. The first-order valence-corrected chi connectivity index (χ1v) is 4.16. The zero-order valence-electron chi connectivity index (χ0n) is 7.32. The van der Waals surface area contributed by atoms with Crippen LogP contribution < -0.4 is 11.1 Å². The predicted molar refractivity (Wildman–Crippen MR) is 46.9 cm³/mol. The average molecular weight is 186 g/mol. The van der Waals surface area contributed by atoms with E-state index in [-0.39, 0.29) is 24.2 Å². The van der Waals surface area contributed by atoms with E-state index in [0.29, 0.717) is 0 Å². The monoisotopic (exact) mass is 186 g/mol. The van der Waals surface area contributed by atoms with Gasteiger partial charge in [-0.05, 0) is 13.0 Å². The summed E-state index contributed by atoms with van der Waals surface area (Å²) in [5, 5.41) is 11.7. The lowest BCUT2D eigenvalue weighted by Gasteiger charge is -2.26. The van der Waals surface area contributed by atoms with Crippen molar-refractivity contribution in [2.45, 2.75) is 25.1 Å². The molecule has 5 nitrogen and oxygen atoms in total. The number of nitrogens with two attached hydrogens (primary N) is 1. The lowest BCUT2D eigenvalue weighted by molar-refractivity contribution is -0.153. The Labute approximate surface area is 76.6 Å². The average Bonchev–Trinajstić information content (AvgIpc) is 1.78. The Balaban J connectivity index is 2.22. The van der Waals surface area contributed by atoms with Crippen LogP contribution in [-0.2, 0) is 9.53 Å². The lowest BCUT2D eigenvalue weighted by Crippen LogP contribution is -2.50. The Morgan fingerprint density at radius 1 is 1.85 bits per heavy atom. The molecule has 1 rings (SSSR count). The quantitative estimate of drug-likeness (QED) is 0.317. The molecule has 0 aromatic rings. The summed E-state index contributed by atoms with van der Waals surface area (Å²) in [6.45, 7) is 4.09. The number of ether oxygens (including phenoxy) is 1. The fraction of sp³-hybridized carbons (Fsp3) is 0.625. The number of carbonyl (C=O) groups excluding carboxylic acids is 1. The third-order valence-electron chi connectivity index (χ3n) is 1.81. The molecule has 0 radical (unpaired) electrons. The van der Waals surface area contributed by atoms with E-state index in [9.17, 15) is 4.79 Å². The molecule has 0 aliphatic carbocycles. The van der Waals surface area contributed by atoms with Gasteiger partial charge in [0.25, 0.3) is 0 Å². The Morgan fingerprint density at radius 2 is 2.46 bits per heavy atom. The van der Waals surface area contributed by atoms with Gasteiger partial charge in [0.05, 0.1) is 12.2 Å². The summed E-state index contributed by atoms with van der Waals surface area (Å²) in [7, 11) is 0. The van der Waals surface area contributed by atoms with E-state index in [1.807, 2.05) is 0 Å². The number of hydrogen-bond acceptors (Lipinski definition) is 5. The number of carbonyl (C=O) groups is 1. The van der Waals surface area contributed by atoms with Crippen LogP contribution in [0.1, 0.15) is 12.8 Å². The molecule has 1 aliphatic rings. The summed E-state index contributed by atoms with van der Waals surface area (Å²) >= 11 is 0. The van der Waals surface area contributed by atoms with Crippen molar-refractivity contribution in [1.82, 2.24) is 5.32 Å². The topological polar surface area (TPSA) is 84.6 Å². The molecule has 0 aromatic heterocycles. The van der Waals surface area contributed by atoms with Gasteiger partial charge in [-0.15, -0.1) is 0 Å². The molecule has 0 aromatic carbocycles. The third kappa shape index (κ3) is 3.04. The second-order valence-electron chi connectivity index (χ2n) is 3.04. The minimum absolute atomic E-state index is 0.0816. The standard InChI is InChI=1S/C8H14N2O3/c1-5(11)4-7(9)13-8(12)6-2-3-10-6/h6-7,10-11H,1-4,9H2/t6-,7?/m1/s1. The fourth-order valence-electron chi connectivity index (χ4n) is 0.995. The van der Waals surface area contributed by atoms with Crippen LogP contribution in [-0.4, -0.2) is 29.9 Å². The van der Waals surface area contributed by atoms with E-state index in [2.05, 4.69) is 11.9 Å². The molecule has 1 unspecified atom stereocenters. The summed E-state index contributed by atoms with van der Waals surface area (Å²) in [5.41, 5.74) is 5.40. The molecule has 0 bridgehead atoms. The van der Waals surface area contributed by atoms with Gasteiger partial charge < -0.3 is 15.2 Å². The Kier molecular flexibility index (Phi) is 3.27. The highest BCUT2D eigenvalue weighted by Gasteiger charge is 2.27. The molecule has 5 heteroatoms. The summed E-state index contributed by atoms with van der Waals surface area (Å²) < 4.78 is 4.82. The van der Waals surface area contributed by atoms with Crippen molar-refractivity contribution >= 4 is 5.97 Å². The Bertz CT molecular complexity index is 213. The van der Waals surface area contributed by atoms with Gasteiger partial charge in [0, 0.05) is 0 Å². The largest absolute Gasteiger partial charge is 0.513 e. The second kappa shape index (κ2) is 4.25. The smallest absolute Gasteiger partial charge is 0.324 e. The fourth-order valence-corrected chi connectivity index (χ4v) is 0.995. The normalized spacial score (nSPS) is 23.0. The third-order valence-corrected chi connectivity index (χ3v) is 1.81. The van der Waals surface area contributed by atoms with Crippen molar-refractivity contribution in [3.05, 3.63) is 12.3 Å². The number of esters is 1. The minimum Gasteiger partial charge on any atom is -0.513 e. The molecule has 0 saturated carbocycles. The summed E-state index contributed by atoms with van der Waals surface area (Å²) in [4.78, 5) is 11.1. The van der Waals surface area contributed by atoms with Gasteiger partial charge in [-0.3, -0.25) is 10.5 Å². The molecule has 1 saturated heterocycles. The summed E-state index contributed by atoms with van der Waals surface area (Å²) in [5.74, 6) is -0.443. The highest BCUT2D eigenvalue weighted by molar-refractivity contribution is 5.76. The van der Waals surface area contributed by atoms with Crippen molar-refractivity contribution in [1.29, 1.82) is 0 Å². The molecule has 1 fully saturated rings.